The van der Waals surface area contributed by atoms with Gasteiger partial charge in [0.1, 0.15) is 0 Å². The van der Waals surface area contributed by atoms with E-state index in [2.05, 4.69) is 14.8 Å². The molecule has 134 valence electrons. The van der Waals surface area contributed by atoms with E-state index in [1.54, 1.807) is 11.8 Å². The van der Waals surface area contributed by atoms with Crippen molar-refractivity contribution >= 4 is 23.4 Å². The molecule has 4 rings (SSSR count). The molecule has 2 aliphatic rings. The minimum absolute atomic E-state index is 0.344. The van der Waals surface area contributed by atoms with Crippen LogP contribution in [-0.4, -0.2) is 33.2 Å². The lowest BCUT2D eigenvalue weighted by atomic mass is 10.1. The van der Waals surface area contributed by atoms with Crippen LogP contribution in [0.3, 0.4) is 0 Å². The summed E-state index contributed by atoms with van der Waals surface area (Å²) in [5.41, 5.74) is 0.976. The molecule has 2 fully saturated rings. The van der Waals surface area contributed by atoms with Gasteiger partial charge in [0.2, 0.25) is 0 Å². The van der Waals surface area contributed by atoms with Crippen molar-refractivity contribution in [2.24, 2.45) is 0 Å². The maximum atomic E-state index is 6.44. The first kappa shape index (κ1) is 17.4. The van der Waals surface area contributed by atoms with Gasteiger partial charge in [-0.2, -0.15) is 0 Å². The molecule has 0 radical (unpaired) electrons. The molecule has 2 aromatic rings. The summed E-state index contributed by atoms with van der Waals surface area (Å²) >= 11 is 8.22. The van der Waals surface area contributed by atoms with Crippen molar-refractivity contribution in [3.63, 3.8) is 0 Å². The Kier molecular flexibility index (Phi) is 5.63. The third-order valence-electron chi connectivity index (χ3n) is 5.14. The molecule has 1 aromatic heterocycles. The van der Waals surface area contributed by atoms with Crippen molar-refractivity contribution < 1.29 is 4.74 Å². The first-order valence-corrected chi connectivity index (χ1v) is 10.6. The molecule has 1 aliphatic carbocycles. The molecule has 1 aliphatic heterocycles. The van der Waals surface area contributed by atoms with E-state index >= 15 is 0 Å². The average molecular weight is 378 g/mol. The van der Waals surface area contributed by atoms with Gasteiger partial charge >= 0.3 is 0 Å². The Labute approximate surface area is 158 Å². The second-order valence-corrected chi connectivity index (χ2v) is 8.29. The Morgan fingerprint density at radius 1 is 1.08 bits per heavy atom. The van der Waals surface area contributed by atoms with Gasteiger partial charge in [-0.1, -0.05) is 48.3 Å². The summed E-state index contributed by atoms with van der Waals surface area (Å²) in [6.07, 6.45) is 8.91. The zero-order chi connectivity index (χ0) is 17.1. The van der Waals surface area contributed by atoms with Crippen LogP contribution in [0.2, 0.25) is 5.02 Å². The van der Waals surface area contributed by atoms with Crippen LogP contribution in [0.25, 0.3) is 11.4 Å². The molecule has 1 aromatic carbocycles. The lowest BCUT2D eigenvalue weighted by Crippen LogP contribution is -2.21. The van der Waals surface area contributed by atoms with Crippen molar-refractivity contribution in [2.75, 3.05) is 12.4 Å². The fraction of sp³-hybridized carbons (Fsp3) is 0.579. The summed E-state index contributed by atoms with van der Waals surface area (Å²) in [6, 6.07) is 8.41. The predicted octanol–water partition coefficient (Wildman–Crippen LogP) is 5.37. The Balaban J connectivity index is 1.61. The van der Waals surface area contributed by atoms with Gasteiger partial charge in [0.25, 0.3) is 0 Å². The van der Waals surface area contributed by atoms with E-state index in [9.17, 15) is 0 Å². The predicted molar refractivity (Wildman–Crippen MR) is 102 cm³/mol. The van der Waals surface area contributed by atoms with Crippen LogP contribution in [0.15, 0.2) is 29.4 Å². The third-order valence-corrected chi connectivity index (χ3v) is 6.55. The molecule has 1 saturated heterocycles. The van der Waals surface area contributed by atoms with Crippen LogP contribution in [-0.2, 0) is 4.74 Å². The summed E-state index contributed by atoms with van der Waals surface area (Å²) in [5.74, 6) is 1.86. The van der Waals surface area contributed by atoms with E-state index in [0.717, 1.165) is 40.3 Å². The van der Waals surface area contributed by atoms with E-state index in [1.165, 1.54) is 38.5 Å². The number of thioether (sulfide) groups is 1. The number of hydrogen-bond acceptors (Lipinski definition) is 4. The Morgan fingerprint density at radius 3 is 2.64 bits per heavy atom. The van der Waals surface area contributed by atoms with Crippen LogP contribution in [0.1, 0.15) is 51.0 Å². The fourth-order valence-corrected chi connectivity index (χ4v) is 5.09. The molecule has 0 unspecified atom stereocenters. The lowest BCUT2D eigenvalue weighted by molar-refractivity contribution is 0.0315. The van der Waals surface area contributed by atoms with E-state index in [4.69, 9.17) is 16.3 Å². The Hall–Kier alpha value is -1.04. The molecule has 1 saturated carbocycles. The van der Waals surface area contributed by atoms with Crippen molar-refractivity contribution in [1.82, 2.24) is 14.8 Å². The van der Waals surface area contributed by atoms with Crippen molar-refractivity contribution in [3.8, 4) is 11.4 Å². The zero-order valence-corrected chi connectivity index (χ0v) is 15.9. The van der Waals surface area contributed by atoms with Gasteiger partial charge in [0.15, 0.2) is 11.0 Å². The van der Waals surface area contributed by atoms with Crippen LogP contribution in [0, 0.1) is 0 Å². The van der Waals surface area contributed by atoms with Gasteiger partial charge in [-0.3, -0.25) is 4.57 Å². The number of aromatic nitrogens is 3. The molecule has 0 bridgehead atoms. The maximum Gasteiger partial charge on any atom is 0.191 e. The van der Waals surface area contributed by atoms with Gasteiger partial charge in [-0.15, -0.1) is 10.2 Å². The SMILES string of the molecule is Clc1ccccc1-c1nnc(SC[C@@H]2CCCCO2)n1C1CCCC1. The molecule has 0 spiro atoms. The smallest absolute Gasteiger partial charge is 0.191 e. The van der Waals surface area contributed by atoms with Crippen molar-refractivity contribution in [3.05, 3.63) is 29.3 Å². The van der Waals surface area contributed by atoms with E-state index < -0.39 is 0 Å². The van der Waals surface area contributed by atoms with Crippen molar-refractivity contribution in [1.29, 1.82) is 0 Å². The third kappa shape index (κ3) is 3.88. The summed E-state index contributed by atoms with van der Waals surface area (Å²) < 4.78 is 8.21. The first-order valence-electron chi connectivity index (χ1n) is 9.27. The summed E-state index contributed by atoms with van der Waals surface area (Å²) in [7, 11) is 0. The molecule has 25 heavy (non-hydrogen) atoms. The molecule has 4 nitrogen and oxygen atoms in total. The van der Waals surface area contributed by atoms with Crippen molar-refractivity contribution in [2.45, 2.75) is 62.2 Å². The van der Waals surface area contributed by atoms with Gasteiger partial charge in [-0.05, 0) is 44.2 Å². The molecule has 2 heterocycles. The Bertz CT molecular complexity index is 708. The van der Waals surface area contributed by atoms with Gasteiger partial charge in [-0.25, -0.2) is 0 Å². The molecule has 0 amide bonds. The topological polar surface area (TPSA) is 39.9 Å². The monoisotopic (exact) mass is 377 g/mol. The maximum absolute atomic E-state index is 6.44. The first-order chi connectivity index (χ1) is 12.3. The summed E-state index contributed by atoms with van der Waals surface area (Å²) in [5, 5.41) is 10.8. The summed E-state index contributed by atoms with van der Waals surface area (Å²) in [6.45, 7) is 0.894. The number of hydrogen-bond donors (Lipinski definition) is 0. The second-order valence-electron chi connectivity index (χ2n) is 6.89. The lowest BCUT2D eigenvalue weighted by Gasteiger charge is -2.22. The van der Waals surface area contributed by atoms with Gasteiger partial charge in [0, 0.05) is 24.0 Å². The number of benzene rings is 1. The van der Waals surface area contributed by atoms with Crippen LogP contribution >= 0.6 is 23.4 Å². The van der Waals surface area contributed by atoms with E-state index in [1.807, 2.05) is 24.3 Å². The number of rotatable bonds is 5. The molecule has 6 heteroatoms. The number of halogens is 1. The average Bonchev–Trinajstić information content (AvgIpc) is 3.30. The number of nitrogens with zero attached hydrogens (tertiary/aromatic N) is 3. The highest BCUT2D eigenvalue weighted by atomic mass is 35.5. The second kappa shape index (κ2) is 8.11. The van der Waals surface area contributed by atoms with Crippen LogP contribution in [0.4, 0.5) is 0 Å². The fourth-order valence-electron chi connectivity index (χ4n) is 3.80. The highest BCUT2D eigenvalue weighted by Gasteiger charge is 2.26. The Morgan fingerprint density at radius 2 is 1.88 bits per heavy atom. The minimum Gasteiger partial charge on any atom is -0.377 e. The van der Waals surface area contributed by atoms with Gasteiger partial charge in [0.05, 0.1) is 11.1 Å². The largest absolute Gasteiger partial charge is 0.377 e. The number of ether oxygens (including phenoxy) is 1. The minimum atomic E-state index is 0.344. The molecule has 1 atom stereocenters. The zero-order valence-electron chi connectivity index (χ0n) is 14.4. The standard InChI is InChI=1S/C19H24ClN3OS/c20-17-11-4-3-10-16(17)18-21-22-19(23(18)14-7-1-2-8-14)25-13-15-9-5-6-12-24-15/h3-4,10-11,14-15H,1-2,5-9,12-13H2/t15-/m0/s1. The van der Waals surface area contributed by atoms with Crippen LogP contribution < -0.4 is 0 Å². The highest BCUT2D eigenvalue weighted by Crippen LogP contribution is 2.38. The van der Waals surface area contributed by atoms with E-state index in [0.29, 0.717) is 12.1 Å². The van der Waals surface area contributed by atoms with Gasteiger partial charge < -0.3 is 4.74 Å². The highest BCUT2D eigenvalue weighted by molar-refractivity contribution is 7.99. The van der Waals surface area contributed by atoms with E-state index in [-0.39, 0.29) is 0 Å². The molecular weight excluding hydrogens is 354 g/mol. The quantitative estimate of drug-likeness (QED) is 0.656. The molecule has 0 N–H and O–H groups in total. The normalized spacial score (nSPS) is 21.7. The molecular formula is C19H24ClN3OS. The van der Waals surface area contributed by atoms with Crippen LogP contribution in [0.5, 0.6) is 0 Å². The summed E-state index contributed by atoms with van der Waals surface area (Å²) in [4.78, 5) is 0.